The molecule has 15 heteroatoms. The van der Waals surface area contributed by atoms with E-state index in [0.717, 1.165) is 30.7 Å². The normalized spacial score (nSPS) is 11.9. The number of sulfone groups is 2. The van der Waals surface area contributed by atoms with Gasteiger partial charge in [0.25, 0.3) is 0 Å². The molecule has 0 radical (unpaired) electrons. The Kier molecular flexibility index (Phi) is 10.7. The maximum Gasteiger partial charge on any atom is 0.317 e. The standard InChI is InChI=1S/C40H30ClF3O9S2/c1-21-25(13-23-5-7-27(42)17-31(23)39(21)51-29-9-12-36(33(41)19-29)55(4,49)50)15-37(45)53-38(46)16-26-14-24-6-8-28(43)18-32(24)40(22(26)2)52-35-11-10-30(20-34(35)44)54(3,47)48/h5-14,17-20H,15-16H2,1-4H3. The molecule has 0 unspecified atom stereocenters. The van der Waals surface area contributed by atoms with Gasteiger partial charge in [0, 0.05) is 29.4 Å². The van der Waals surface area contributed by atoms with E-state index in [9.17, 15) is 35.2 Å². The molecule has 0 bridgehead atoms. The average Bonchev–Trinajstić information content (AvgIpc) is 3.08. The average molecular weight is 811 g/mol. The Morgan fingerprint density at radius 3 is 1.64 bits per heavy atom. The maximum absolute atomic E-state index is 15.0. The molecule has 6 aromatic rings. The van der Waals surface area contributed by atoms with E-state index in [0.29, 0.717) is 38.4 Å². The minimum atomic E-state index is -3.71. The van der Waals surface area contributed by atoms with Crippen molar-refractivity contribution in [1.29, 1.82) is 0 Å². The van der Waals surface area contributed by atoms with Gasteiger partial charge in [-0.15, -0.1) is 0 Å². The summed E-state index contributed by atoms with van der Waals surface area (Å²) in [5, 5.41) is 1.43. The van der Waals surface area contributed by atoms with E-state index in [-0.39, 0.29) is 43.2 Å². The number of hydrogen-bond acceptors (Lipinski definition) is 9. The number of carbonyl (C=O) groups is 2. The predicted octanol–water partition coefficient (Wildman–Crippen LogP) is 8.93. The summed E-state index contributed by atoms with van der Waals surface area (Å²) in [5.74, 6) is -4.07. The molecule has 0 fully saturated rings. The highest BCUT2D eigenvalue weighted by molar-refractivity contribution is 7.91. The van der Waals surface area contributed by atoms with E-state index in [2.05, 4.69) is 0 Å². The lowest BCUT2D eigenvalue weighted by molar-refractivity contribution is -0.158. The van der Waals surface area contributed by atoms with Crippen molar-refractivity contribution in [2.75, 3.05) is 12.5 Å². The van der Waals surface area contributed by atoms with Crippen molar-refractivity contribution >= 4 is 64.8 Å². The van der Waals surface area contributed by atoms with Crippen LogP contribution in [0.4, 0.5) is 13.2 Å². The smallest absolute Gasteiger partial charge is 0.317 e. The molecule has 0 aliphatic heterocycles. The largest absolute Gasteiger partial charge is 0.456 e. The second-order valence-electron chi connectivity index (χ2n) is 12.8. The van der Waals surface area contributed by atoms with E-state index in [1.807, 2.05) is 0 Å². The molecule has 0 aliphatic rings. The zero-order valence-corrected chi connectivity index (χ0v) is 31.9. The van der Waals surface area contributed by atoms with E-state index in [4.69, 9.17) is 25.8 Å². The van der Waals surface area contributed by atoms with Crippen LogP contribution in [0.15, 0.2) is 94.7 Å². The molecule has 0 heterocycles. The number of fused-ring (bicyclic) bond motifs is 2. The molecule has 0 amide bonds. The maximum atomic E-state index is 15.0. The monoisotopic (exact) mass is 810 g/mol. The van der Waals surface area contributed by atoms with Gasteiger partial charge in [0.15, 0.2) is 31.2 Å². The topological polar surface area (TPSA) is 130 Å². The lowest BCUT2D eigenvalue weighted by Crippen LogP contribution is -2.17. The molecule has 0 N–H and O–H groups in total. The number of halogens is 4. The Hall–Kier alpha value is -5.44. The highest BCUT2D eigenvalue weighted by atomic mass is 35.5. The van der Waals surface area contributed by atoms with Crippen LogP contribution in [0.1, 0.15) is 22.3 Å². The Bertz CT molecular complexity index is 2810. The molecule has 6 aromatic carbocycles. The van der Waals surface area contributed by atoms with Crippen LogP contribution in [-0.2, 0) is 46.8 Å². The third-order valence-corrected chi connectivity index (χ3v) is 11.5. The summed E-state index contributed by atoms with van der Waals surface area (Å²) in [5.41, 5.74) is 1.41. The van der Waals surface area contributed by atoms with Crippen LogP contribution in [0.3, 0.4) is 0 Å². The first-order valence-electron chi connectivity index (χ1n) is 16.3. The van der Waals surface area contributed by atoms with Crippen molar-refractivity contribution in [3.05, 3.63) is 130 Å². The van der Waals surface area contributed by atoms with Crippen molar-refractivity contribution < 1.29 is 53.8 Å². The number of carbonyl (C=O) groups excluding carboxylic acids is 2. The van der Waals surface area contributed by atoms with E-state index in [1.165, 1.54) is 54.6 Å². The summed E-state index contributed by atoms with van der Waals surface area (Å²) in [6, 6.07) is 18.0. The predicted molar refractivity (Wildman–Crippen MR) is 200 cm³/mol. The van der Waals surface area contributed by atoms with Crippen LogP contribution >= 0.6 is 11.6 Å². The summed E-state index contributed by atoms with van der Waals surface area (Å²) < 4.78 is 109. The van der Waals surface area contributed by atoms with Gasteiger partial charge in [-0.1, -0.05) is 35.9 Å². The fourth-order valence-corrected chi connectivity index (χ4v) is 7.95. The lowest BCUT2D eigenvalue weighted by atomic mass is 9.97. The Morgan fingerprint density at radius 2 is 1.16 bits per heavy atom. The van der Waals surface area contributed by atoms with Crippen LogP contribution in [0, 0.1) is 31.3 Å². The van der Waals surface area contributed by atoms with Gasteiger partial charge < -0.3 is 14.2 Å². The molecule has 0 aromatic heterocycles. The van der Waals surface area contributed by atoms with Gasteiger partial charge in [-0.25, -0.2) is 30.0 Å². The van der Waals surface area contributed by atoms with Crippen LogP contribution in [-0.4, -0.2) is 41.3 Å². The quantitative estimate of drug-likeness (QED) is 0.0984. The zero-order valence-electron chi connectivity index (χ0n) is 29.5. The summed E-state index contributed by atoms with van der Waals surface area (Å²) in [6.45, 7) is 3.18. The molecule has 9 nitrogen and oxygen atoms in total. The third kappa shape index (κ3) is 8.61. The van der Waals surface area contributed by atoms with E-state index >= 15 is 4.39 Å². The SMILES string of the molecule is Cc1c(CC(=O)OC(=O)Cc2cc3ccc(F)cc3c(Oc3ccc(S(C)(=O)=O)cc3F)c2C)cc2ccc(F)cc2c1Oc1ccc(S(C)(=O)=O)c(Cl)c1. The van der Waals surface area contributed by atoms with Crippen LogP contribution in [0.2, 0.25) is 5.02 Å². The van der Waals surface area contributed by atoms with Crippen LogP contribution in [0.5, 0.6) is 23.0 Å². The molecular formula is C40H30ClF3O9S2. The highest BCUT2D eigenvalue weighted by Gasteiger charge is 2.22. The first-order valence-corrected chi connectivity index (χ1v) is 20.5. The molecule has 0 saturated carbocycles. The molecule has 6 rings (SSSR count). The van der Waals surface area contributed by atoms with Crippen molar-refractivity contribution in [3.63, 3.8) is 0 Å². The molecule has 55 heavy (non-hydrogen) atoms. The number of esters is 2. The van der Waals surface area contributed by atoms with Gasteiger partial charge in [0.2, 0.25) is 0 Å². The van der Waals surface area contributed by atoms with Gasteiger partial charge in [-0.2, -0.15) is 0 Å². The highest BCUT2D eigenvalue weighted by Crippen LogP contribution is 2.40. The summed E-state index contributed by atoms with van der Waals surface area (Å²) >= 11 is 6.22. The Morgan fingerprint density at radius 1 is 0.636 bits per heavy atom. The van der Waals surface area contributed by atoms with Crippen LogP contribution < -0.4 is 9.47 Å². The number of rotatable bonds is 10. The van der Waals surface area contributed by atoms with Gasteiger partial charge in [0.05, 0.1) is 27.7 Å². The van der Waals surface area contributed by atoms with Crippen molar-refractivity contribution in [2.24, 2.45) is 0 Å². The molecule has 0 atom stereocenters. The molecule has 0 saturated heterocycles. The van der Waals surface area contributed by atoms with Gasteiger partial charge in [-0.05, 0) is 101 Å². The van der Waals surface area contributed by atoms with Crippen LogP contribution in [0.25, 0.3) is 21.5 Å². The van der Waals surface area contributed by atoms with E-state index < -0.39 is 61.9 Å². The third-order valence-electron chi connectivity index (χ3n) is 8.79. The Labute approximate surface area is 319 Å². The minimum Gasteiger partial charge on any atom is -0.456 e. The summed E-state index contributed by atoms with van der Waals surface area (Å²) in [7, 11) is -7.34. The van der Waals surface area contributed by atoms with Crippen molar-refractivity contribution in [2.45, 2.75) is 36.5 Å². The van der Waals surface area contributed by atoms with Crippen molar-refractivity contribution in [1.82, 2.24) is 0 Å². The van der Waals surface area contributed by atoms with Gasteiger partial charge in [-0.3, -0.25) is 9.59 Å². The number of hydrogen-bond donors (Lipinski definition) is 0. The molecule has 0 spiro atoms. The van der Waals surface area contributed by atoms with E-state index in [1.54, 1.807) is 26.0 Å². The van der Waals surface area contributed by atoms with Crippen molar-refractivity contribution in [3.8, 4) is 23.0 Å². The second kappa shape index (κ2) is 15.0. The summed E-state index contributed by atoms with van der Waals surface area (Å²) in [4.78, 5) is 26.0. The fourth-order valence-electron chi connectivity index (χ4n) is 6.00. The first-order chi connectivity index (χ1) is 25.8. The summed E-state index contributed by atoms with van der Waals surface area (Å²) in [6.07, 6.45) is 1.09. The van der Waals surface area contributed by atoms with Gasteiger partial charge in [0.1, 0.15) is 28.9 Å². The molecular weight excluding hydrogens is 781 g/mol. The first kappa shape index (κ1) is 39.3. The second-order valence-corrected chi connectivity index (χ2v) is 17.3. The molecule has 0 aliphatic carbocycles. The number of benzene rings is 6. The fraction of sp³-hybridized carbons (Fsp3) is 0.150. The van der Waals surface area contributed by atoms with Gasteiger partial charge >= 0.3 is 11.9 Å². The Balaban J connectivity index is 1.26. The minimum absolute atomic E-state index is 0.000123. The lowest BCUT2D eigenvalue weighted by Gasteiger charge is -2.17. The molecule has 284 valence electrons. The zero-order chi connectivity index (χ0) is 40.0. The number of ether oxygens (including phenoxy) is 3.